The van der Waals surface area contributed by atoms with Gasteiger partial charge in [0, 0.05) is 19.3 Å². The van der Waals surface area contributed by atoms with Gasteiger partial charge >= 0.3 is 17.9 Å². The minimum Gasteiger partial charge on any atom is -0.462 e. The van der Waals surface area contributed by atoms with Crippen LogP contribution in [0, 0.1) is 0 Å². The zero-order chi connectivity index (χ0) is 56.4. The van der Waals surface area contributed by atoms with Crippen LogP contribution in [0.15, 0.2) is 24.3 Å². The van der Waals surface area contributed by atoms with Crippen LogP contribution in [0.4, 0.5) is 0 Å². The number of hydrogen-bond donors (Lipinski definition) is 0. The normalized spacial score (nSPS) is 12.1. The monoisotopic (exact) mass is 1100 g/mol. The van der Waals surface area contributed by atoms with E-state index in [9.17, 15) is 14.4 Å². The van der Waals surface area contributed by atoms with E-state index >= 15 is 0 Å². The molecular weight excluding hydrogens is 961 g/mol. The fourth-order valence-corrected chi connectivity index (χ4v) is 10.8. The summed E-state index contributed by atoms with van der Waals surface area (Å²) in [5.41, 5.74) is 0. The van der Waals surface area contributed by atoms with E-state index in [-0.39, 0.29) is 31.1 Å². The minimum atomic E-state index is -0.767. The number of carbonyl (C=O) groups is 3. The number of ether oxygens (including phenoxy) is 3. The van der Waals surface area contributed by atoms with E-state index in [1.54, 1.807) is 0 Å². The van der Waals surface area contributed by atoms with Gasteiger partial charge in [-0.05, 0) is 70.6 Å². The second-order valence-electron chi connectivity index (χ2n) is 24.1. The van der Waals surface area contributed by atoms with Crippen LogP contribution in [0.5, 0.6) is 0 Å². The highest BCUT2D eigenvalue weighted by atomic mass is 16.6. The Morgan fingerprint density at radius 2 is 0.423 bits per heavy atom. The van der Waals surface area contributed by atoms with E-state index in [4.69, 9.17) is 14.2 Å². The first kappa shape index (κ1) is 75.9. The van der Waals surface area contributed by atoms with Gasteiger partial charge in [-0.3, -0.25) is 14.4 Å². The lowest BCUT2D eigenvalue weighted by Crippen LogP contribution is -2.30. The Bertz CT molecular complexity index is 1260. The number of unbranched alkanes of at least 4 members (excludes halogenated alkanes) is 51. The summed E-state index contributed by atoms with van der Waals surface area (Å²) in [5, 5.41) is 0. The van der Waals surface area contributed by atoms with Gasteiger partial charge in [0.25, 0.3) is 0 Å². The number of allylic oxidation sites excluding steroid dienone is 4. The Balaban J connectivity index is 4.02. The zero-order valence-electron chi connectivity index (χ0n) is 53.0. The number of rotatable bonds is 66. The summed E-state index contributed by atoms with van der Waals surface area (Å²) in [4.78, 5) is 38.2. The van der Waals surface area contributed by atoms with Gasteiger partial charge in [-0.2, -0.15) is 0 Å². The van der Waals surface area contributed by atoms with Gasteiger partial charge in [0.1, 0.15) is 13.2 Å². The molecule has 0 aromatic carbocycles. The molecule has 6 nitrogen and oxygen atoms in total. The van der Waals surface area contributed by atoms with Crippen LogP contribution in [-0.4, -0.2) is 37.2 Å². The fourth-order valence-electron chi connectivity index (χ4n) is 10.8. The molecule has 0 spiro atoms. The lowest BCUT2D eigenvalue weighted by atomic mass is 10.0. The first-order chi connectivity index (χ1) is 38.5. The van der Waals surface area contributed by atoms with E-state index < -0.39 is 6.10 Å². The lowest BCUT2D eigenvalue weighted by molar-refractivity contribution is -0.167. The Hall–Kier alpha value is -2.11. The van der Waals surface area contributed by atoms with E-state index in [2.05, 4.69) is 45.1 Å². The Morgan fingerprint density at radius 3 is 0.641 bits per heavy atom. The van der Waals surface area contributed by atoms with E-state index in [0.29, 0.717) is 19.3 Å². The summed E-state index contributed by atoms with van der Waals surface area (Å²) in [7, 11) is 0. The maximum Gasteiger partial charge on any atom is 0.306 e. The molecule has 0 saturated carbocycles. The summed E-state index contributed by atoms with van der Waals surface area (Å²) in [5.74, 6) is -0.845. The van der Waals surface area contributed by atoms with Crippen molar-refractivity contribution in [3.63, 3.8) is 0 Å². The first-order valence-electron chi connectivity index (χ1n) is 35.3. The molecule has 460 valence electrons. The summed E-state index contributed by atoms with van der Waals surface area (Å²) < 4.78 is 16.9. The van der Waals surface area contributed by atoms with Crippen LogP contribution in [0.3, 0.4) is 0 Å². The predicted octanol–water partition coefficient (Wildman–Crippen LogP) is 24.2. The average Bonchev–Trinajstić information content (AvgIpc) is 3.44. The van der Waals surface area contributed by atoms with Crippen LogP contribution >= 0.6 is 0 Å². The largest absolute Gasteiger partial charge is 0.462 e. The fraction of sp³-hybridized carbons (Fsp3) is 0.903. The van der Waals surface area contributed by atoms with E-state index in [0.717, 1.165) is 57.8 Å². The molecule has 1 atom stereocenters. The molecule has 0 aromatic rings. The van der Waals surface area contributed by atoms with Gasteiger partial charge in [-0.1, -0.05) is 334 Å². The quantitative estimate of drug-likeness (QED) is 0.0261. The molecule has 1 unspecified atom stereocenters. The molecule has 0 amide bonds. The topological polar surface area (TPSA) is 78.9 Å². The standard InChI is InChI=1S/C72H136O6/c1-4-7-10-13-16-19-21-23-25-27-29-31-32-33-34-35-36-37-38-39-40-42-43-45-47-49-51-53-56-59-62-65-71(74)77-68-69(67-76-70(73)64-61-58-55-18-15-12-9-6-3)78-72(75)66-63-60-57-54-52-50-48-46-44-41-30-28-26-24-22-20-17-14-11-8-5-2/h27-30,69H,4-26,31-68H2,1-3H3/b29-27-,30-28-. The molecule has 6 heteroatoms. The number of esters is 3. The molecule has 0 radical (unpaired) electrons. The van der Waals surface area contributed by atoms with Crippen LogP contribution in [0.25, 0.3) is 0 Å². The van der Waals surface area contributed by atoms with Crippen molar-refractivity contribution in [2.75, 3.05) is 13.2 Å². The molecule has 0 saturated heterocycles. The Kier molecular flexibility index (Phi) is 65.6. The highest BCUT2D eigenvalue weighted by Gasteiger charge is 2.19. The van der Waals surface area contributed by atoms with E-state index in [1.807, 2.05) is 0 Å². The minimum absolute atomic E-state index is 0.0662. The summed E-state index contributed by atoms with van der Waals surface area (Å²) >= 11 is 0. The van der Waals surface area contributed by atoms with Crippen molar-refractivity contribution in [3.05, 3.63) is 24.3 Å². The average molecular weight is 1100 g/mol. The van der Waals surface area contributed by atoms with Crippen molar-refractivity contribution >= 4 is 17.9 Å². The Labute approximate surface area is 487 Å². The third kappa shape index (κ3) is 64.7. The molecule has 0 aliphatic heterocycles. The second kappa shape index (κ2) is 67.4. The van der Waals surface area contributed by atoms with Gasteiger partial charge in [-0.15, -0.1) is 0 Å². The zero-order valence-corrected chi connectivity index (χ0v) is 53.0. The molecule has 0 aliphatic carbocycles. The van der Waals surface area contributed by atoms with Crippen molar-refractivity contribution in [2.45, 2.75) is 406 Å². The van der Waals surface area contributed by atoms with Crippen molar-refractivity contribution in [1.29, 1.82) is 0 Å². The molecule has 0 N–H and O–H groups in total. The second-order valence-corrected chi connectivity index (χ2v) is 24.1. The van der Waals surface area contributed by atoms with Crippen LogP contribution in [-0.2, 0) is 28.6 Å². The first-order valence-corrected chi connectivity index (χ1v) is 35.3. The molecule has 0 fully saturated rings. The van der Waals surface area contributed by atoms with Crippen LogP contribution in [0.2, 0.25) is 0 Å². The molecule has 0 aliphatic rings. The number of hydrogen-bond acceptors (Lipinski definition) is 6. The van der Waals surface area contributed by atoms with Crippen LogP contribution < -0.4 is 0 Å². The highest BCUT2D eigenvalue weighted by Crippen LogP contribution is 2.18. The van der Waals surface area contributed by atoms with Crippen LogP contribution in [0.1, 0.15) is 400 Å². The maximum absolute atomic E-state index is 12.9. The molecule has 0 aromatic heterocycles. The van der Waals surface area contributed by atoms with Gasteiger partial charge < -0.3 is 14.2 Å². The van der Waals surface area contributed by atoms with Gasteiger partial charge in [0.05, 0.1) is 0 Å². The molecule has 78 heavy (non-hydrogen) atoms. The molecule has 0 bridgehead atoms. The van der Waals surface area contributed by atoms with Gasteiger partial charge in [0.2, 0.25) is 0 Å². The smallest absolute Gasteiger partial charge is 0.306 e. The predicted molar refractivity (Wildman–Crippen MR) is 340 cm³/mol. The number of carbonyl (C=O) groups excluding carboxylic acids is 3. The van der Waals surface area contributed by atoms with Gasteiger partial charge in [0.15, 0.2) is 6.10 Å². The summed E-state index contributed by atoms with van der Waals surface area (Å²) in [6, 6.07) is 0. The molecule has 0 heterocycles. The maximum atomic E-state index is 12.9. The van der Waals surface area contributed by atoms with E-state index in [1.165, 1.54) is 302 Å². The van der Waals surface area contributed by atoms with Crippen molar-refractivity contribution in [3.8, 4) is 0 Å². The molecule has 0 rings (SSSR count). The SMILES string of the molecule is CCCCCCCCCC/C=C\CCCCCCCCCCCCCCCCCCCCCC(=O)OCC(COC(=O)CCCCCCCCCC)OC(=O)CCCCCCCCCCC/C=C\CCCCCCCCCC. The summed E-state index contributed by atoms with van der Waals surface area (Å²) in [6.45, 7) is 6.68. The highest BCUT2D eigenvalue weighted by molar-refractivity contribution is 5.71. The summed E-state index contributed by atoms with van der Waals surface area (Å²) in [6.07, 6.45) is 82.4. The third-order valence-corrected chi connectivity index (χ3v) is 16.2. The van der Waals surface area contributed by atoms with Gasteiger partial charge in [-0.25, -0.2) is 0 Å². The van der Waals surface area contributed by atoms with Crippen molar-refractivity contribution in [2.24, 2.45) is 0 Å². The van der Waals surface area contributed by atoms with Crippen molar-refractivity contribution < 1.29 is 28.6 Å². The Morgan fingerprint density at radius 1 is 0.244 bits per heavy atom. The third-order valence-electron chi connectivity index (χ3n) is 16.2. The molecular formula is C72H136O6. The lowest BCUT2D eigenvalue weighted by Gasteiger charge is -2.18. The van der Waals surface area contributed by atoms with Crippen molar-refractivity contribution in [1.82, 2.24) is 0 Å².